The van der Waals surface area contributed by atoms with Crippen LogP contribution in [0.5, 0.6) is 0 Å². The maximum atomic E-state index is 12.1. The van der Waals surface area contributed by atoms with Crippen molar-refractivity contribution in [3.05, 3.63) is 69.3 Å². The second kappa shape index (κ2) is 7.18. The van der Waals surface area contributed by atoms with E-state index in [9.17, 15) is 9.59 Å². The van der Waals surface area contributed by atoms with Crippen LogP contribution in [0, 0.1) is 0 Å². The van der Waals surface area contributed by atoms with Crippen molar-refractivity contribution >= 4 is 52.7 Å². The van der Waals surface area contributed by atoms with E-state index in [1.54, 1.807) is 41.3 Å². The van der Waals surface area contributed by atoms with E-state index in [4.69, 9.17) is 27.9 Å². The molecule has 0 aromatic heterocycles. The predicted molar refractivity (Wildman–Crippen MR) is 105 cm³/mol. The number of aliphatic imine (C=N–C) groups is 1. The van der Waals surface area contributed by atoms with E-state index in [0.29, 0.717) is 27.6 Å². The Kier molecular flexibility index (Phi) is 4.72. The van der Waals surface area contributed by atoms with E-state index >= 15 is 0 Å². The lowest BCUT2D eigenvalue weighted by molar-refractivity contribution is -0.130. The lowest BCUT2D eigenvalue weighted by Gasteiger charge is -2.15. The molecule has 1 fully saturated rings. The number of halogens is 2. The van der Waals surface area contributed by atoms with E-state index in [1.807, 2.05) is 12.1 Å². The summed E-state index contributed by atoms with van der Waals surface area (Å²) in [6, 6.07) is 12.4. The smallest absolute Gasteiger partial charge is 0.363 e. The van der Waals surface area contributed by atoms with Crippen molar-refractivity contribution in [3.63, 3.8) is 0 Å². The van der Waals surface area contributed by atoms with Crippen molar-refractivity contribution in [3.8, 4) is 0 Å². The quantitative estimate of drug-likeness (QED) is 0.564. The number of ether oxygens (including phenoxy) is 1. The molecular formula is C20H14Cl2N2O3. The van der Waals surface area contributed by atoms with Crippen LogP contribution in [0.2, 0.25) is 10.0 Å². The first-order chi connectivity index (χ1) is 13.0. The van der Waals surface area contributed by atoms with Gasteiger partial charge in [0.1, 0.15) is 0 Å². The summed E-state index contributed by atoms with van der Waals surface area (Å²) in [5, 5.41) is 0.747. The Morgan fingerprint density at radius 1 is 1.07 bits per heavy atom. The molecule has 2 aliphatic heterocycles. The van der Waals surface area contributed by atoms with Gasteiger partial charge < -0.3 is 9.64 Å². The van der Waals surface area contributed by atoms with Crippen LogP contribution < -0.4 is 4.90 Å². The first kappa shape index (κ1) is 17.8. The molecule has 7 heteroatoms. The minimum Gasteiger partial charge on any atom is -0.402 e. The molecule has 0 spiro atoms. The van der Waals surface area contributed by atoms with Gasteiger partial charge in [0.15, 0.2) is 5.70 Å². The highest BCUT2D eigenvalue weighted by Crippen LogP contribution is 2.29. The number of carbonyl (C=O) groups excluding carboxylic acids is 2. The fourth-order valence-corrected chi connectivity index (χ4v) is 3.38. The minimum atomic E-state index is -0.556. The molecule has 0 atom stereocenters. The molecule has 27 heavy (non-hydrogen) atoms. The number of carbonyl (C=O) groups is 2. The van der Waals surface area contributed by atoms with Gasteiger partial charge in [0, 0.05) is 24.2 Å². The number of rotatable bonds is 3. The molecule has 0 saturated carbocycles. The number of anilines is 1. The van der Waals surface area contributed by atoms with Gasteiger partial charge in [-0.2, -0.15) is 0 Å². The molecule has 4 rings (SSSR count). The minimum absolute atomic E-state index is 0.121. The first-order valence-electron chi connectivity index (χ1n) is 8.40. The highest BCUT2D eigenvalue weighted by Gasteiger charge is 2.26. The average molecular weight is 401 g/mol. The van der Waals surface area contributed by atoms with Crippen LogP contribution >= 0.6 is 23.2 Å². The Hall–Kier alpha value is -2.63. The van der Waals surface area contributed by atoms with Crippen LogP contribution in [0.3, 0.4) is 0 Å². The summed E-state index contributed by atoms with van der Waals surface area (Å²) in [5.74, 6) is -0.223. The van der Waals surface area contributed by atoms with Crippen molar-refractivity contribution < 1.29 is 14.3 Å². The maximum absolute atomic E-state index is 12.1. The van der Waals surface area contributed by atoms with Gasteiger partial charge in [0.2, 0.25) is 11.8 Å². The molecule has 0 N–H and O–H groups in total. The normalized spacial score (nSPS) is 18.2. The third-order valence-corrected chi connectivity index (χ3v) is 5.23. The monoisotopic (exact) mass is 400 g/mol. The van der Waals surface area contributed by atoms with Crippen LogP contribution in [0.4, 0.5) is 5.69 Å². The van der Waals surface area contributed by atoms with Gasteiger partial charge in [-0.05, 0) is 48.4 Å². The molecule has 2 aliphatic rings. The number of amides is 1. The van der Waals surface area contributed by atoms with E-state index in [0.717, 1.165) is 18.7 Å². The summed E-state index contributed by atoms with van der Waals surface area (Å²) in [4.78, 5) is 30.0. The molecule has 1 amide bonds. The van der Waals surface area contributed by atoms with Crippen molar-refractivity contribution in [2.45, 2.75) is 12.8 Å². The number of esters is 1. The van der Waals surface area contributed by atoms with E-state index < -0.39 is 5.97 Å². The van der Waals surface area contributed by atoms with E-state index in [-0.39, 0.29) is 17.5 Å². The maximum Gasteiger partial charge on any atom is 0.363 e. The predicted octanol–water partition coefficient (Wildman–Crippen LogP) is 4.46. The lowest BCUT2D eigenvalue weighted by atomic mass is 10.2. The molecule has 0 radical (unpaired) electrons. The third kappa shape index (κ3) is 3.48. The van der Waals surface area contributed by atoms with Crippen molar-refractivity contribution in [2.24, 2.45) is 4.99 Å². The summed E-state index contributed by atoms with van der Waals surface area (Å²) < 4.78 is 5.27. The zero-order valence-corrected chi connectivity index (χ0v) is 15.6. The van der Waals surface area contributed by atoms with Crippen LogP contribution in [0.25, 0.3) is 6.08 Å². The Morgan fingerprint density at radius 2 is 1.85 bits per heavy atom. The van der Waals surface area contributed by atoms with Crippen LogP contribution in [-0.2, 0) is 14.3 Å². The van der Waals surface area contributed by atoms with Gasteiger partial charge in [-0.3, -0.25) is 4.79 Å². The zero-order chi connectivity index (χ0) is 19.0. The topological polar surface area (TPSA) is 59.0 Å². The molecule has 0 aliphatic carbocycles. The molecule has 0 bridgehead atoms. The number of hydrogen-bond donors (Lipinski definition) is 0. The molecule has 2 heterocycles. The van der Waals surface area contributed by atoms with Crippen molar-refractivity contribution in [2.75, 3.05) is 11.4 Å². The number of hydrogen-bond acceptors (Lipinski definition) is 4. The highest BCUT2D eigenvalue weighted by atomic mass is 35.5. The van der Waals surface area contributed by atoms with Gasteiger partial charge in [-0.15, -0.1) is 0 Å². The summed E-state index contributed by atoms with van der Waals surface area (Å²) in [5.41, 5.74) is 2.21. The molecule has 0 unspecified atom stereocenters. The van der Waals surface area contributed by atoms with Crippen LogP contribution in [0.1, 0.15) is 24.0 Å². The molecule has 136 valence electrons. The van der Waals surface area contributed by atoms with Crippen molar-refractivity contribution in [1.29, 1.82) is 0 Å². The molecule has 5 nitrogen and oxygen atoms in total. The van der Waals surface area contributed by atoms with Gasteiger partial charge in [-0.25, -0.2) is 9.79 Å². The third-order valence-electron chi connectivity index (χ3n) is 4.39. The van der Waals surface area contributed by atoms with Crippen LogP contribution in [-0.4, -0.2) is 24.3 Å². The highest BCUT2D eigenvalue weighted by molar-refractivity contribution is 6.43. The van der Waals surface area contributed by atoms with Gasteiger partial charge in [-0.1, -0.05) is 35.3 Å². The Morgan fingerprint density at radius 3 is 2.56 bits per heavy atom. The summed E-state index contributed by atoms with van der Waals surface area (Å²) >= 11 is 12.2. The van der Waals surface area contributed by atoms with Crippen LogP contribution in [0.15, 0.2) is 53.2 Å². The number of nitrogens with zero attached hydrogens (tertiary/aromatic N) is 2. The Labute approximate surface area is 165 Å². The largest absolute Gasteiger partial charge is 0.402 e. The Balaban J connectivity index is 1.60. The molecule has 2 aromatic rings. The molecular weight excluding hydrogens is 387 g/mol. The fraction of sp³-hybridized carbons (Fsp3) is 0.150. The standard InChI is InChI=1S/C20H14Cl2N2O3/c21-15-4-1-3-13(18(15)22)11-16-20(26)27-19(23-16)12-6-8-14(9-7-12)24-10-2-5-17(24)25/h1,3-4,6-9,11H,2,5,10H2. The zero-order valence-electron chi connectivity index (χ0n) is 14.1. The summed E-state index contributed by atoms with van der Waals surface area (Å²) in [7, 11) is 0. The lowest BCUT2D eigenvalue weighted by Crippen LogP contribution is -2.23. The second-order valence-corrected chi connectivity index (χ2v) is 6.96. The molecule has 1 saturated heterocycles. The van der Waals surface area contributed by atoms with Gasteiger partial charge in [0.25, 0.3) is 0 Å². The van der Waals surface area contributed by atoms with Crippen molar-refractivity contribution in [1.82, 2.24) is 0 Å². The summed E-state index contributed by atoms with van der Waals surface area (Å²) in [6.07, 6.45) is 2.98. The second-order valence-electron chi connectivity index (χ2n) is 6.17. The molecule has 2 aromatic carbocycles. The fourth-order valence-electron chi connectivity index (χ4n) is 3.02. The van der Waals surface area contributed by atoms with Gasteiger partial charge in [0.05, 0.1) is 10.0 Å². The number of cyclic esters (lactones) is 1. The average Bonchev–Trinajstić information content (AvgIpc) is 3.25. The van der Waals surface area contributed by atoms with E-state index in [2.05, 4.69) is 4.99 Å². The summed E-state index contributed by atoms with van der Waals surface area (Å²) in [6.45, 7) is 0.724. The Bertz CT molecular complexity index is 997. The van der Waals surface area contributed by atoms with E-state index in [1.165, 1.54) is 0 Å². The number of benzene rings is 2. The SMILES string of the molecule is O=C1OC(c2ccc(N3CCCC3=O)cc2)=NC1=Cc1cccc(Cl)c1Cl. The van der Waals surface area contributed by atoms with Gasteiger partial charge >= 0.3 is 5.97 Å². The first-order valence-corrected chi connectivity index (χ1v) is 9.16.